The SMILES string of the molecule is c1ccc(-c2cn3c(n2)NCCC3C2CCCCC2)cc1. The first-order valence-electron chi connectivity index (χ1n) is 8.30. The number of hydrogen-bond donors (Lipinski definition) is 1. The summed E-state index contributed by atoms with van der Waals surface area (Å²) in [7, 11) is 0. The Balaban J connectivity index is 1.66. The second kappa shape index (κ2) is 5.55. The van der Waals surface area contributed by atoms with Crippen LogP contribution in [0.3, 0.4) is 0 Å². The van der Waals surface area contributed by atoms with Crippen molar-refractivity contribution in [1.82, 2.24) is 9.55 Å². The van der Waals surface area contributed by atoms with Gasteiger partial charge in [-0.25, -0.2) is 4.98 Å². The lowest BCUT2D eigenvalue weighted by Gasteiger charge is -2.34. The summed E-state index contributed by atoms with van der Waals surface area (Å²) in [5, 5.41) is 3.47. The van der Waals surface area contributed by atoms with Gasteiger partial charge in [0.1, 0.15) is 0 Å². The number of benzene rings is 1. The lowest BCUT2D eigenvalue weighted by Crippen LogP contribution is -2.29. The Morgan fingerprint density at radius 3 is 2.62 bits per heavy atom. The highest BCUT2D eigenvalue weighted by atomic mass is 15.2. The maximum absolute atomic E-state index is 4.82. The minimum Gasteiger partial charge on any atom is -0.356 e. The van der Waals surface area contributed by atoms with Gasteiger partial charge in [-0.15, -0.1) is 0 Å². The molecule has 2 heterocycles. The number of fused-ring (bicyclic) bond motifs is 1. The molecule has 0 radical (unpaired) electrons. The van der Waals surface area contributed by atoms with Gasteiger partial charge in [-0.3, -0.25) is 0 Å². The Morgan fingerprint density at radius 2 is 1.81 bits per heavy atom. The molecule has 2 aromatic rings. The lowest BCUT2D eigenvalue weighted by molar-refractivity contribution is 0.236. The number of hydrogen-bond acceptors (Lipinski definition) is 2. The van der Waals surface area contributed by atoms with Crippen LogP contribution in [0.5, 0.6) is 0 Å². The lowest BCUT2D eigenvalue weighted by atomic mass is 9.82. The number of anilines is 1. The first-order valence-corrected chi connectivity index (χ1v) is 8.30. The minimum absolute atomic E-state index is 0.645. The summed E-state index contributed by atoms with van der Waals surface area (Å²) in [6.45, 7) is 1.06. The fourth-order valence-electron chi connectivity index (χ4n) is 3.98. The van der Waals surface area contributed by atoms with Crippen LogP contribution >= 0.6 is 0 Å². The summed E-state index contributed by atoms with van der Waals surface area (Å²) in [5.74, 6) is 1.91. The quantitative estimate of drug-likeness (QED) is 0.879. The van der Waals surface area contributed by atoms with Crippen LogP contribution in [0.25, 0.3) is 11.3 Å². The van der Waals surface area contributed by atoms with E-state index < -0.39 is 0 Å². The van der Waals surface area contributed by atoms with Gasteiger partial charge in [0.25, 0.3) is 0 Å². The molecule has 110 valence electrons. The molecule has 0 spiro atoms. The Bertz CT molecular complexity index is 596. The number of nitrogens with zero attached hydrogens (tertiary/aromatic N) is 2. The van der Waals surface area contributed by atoms with Gasteiger partial charge < -0.3 is 9.88 Å². The van der Waals surface area contributed by atoms with Gasteiger partial charge in [0.2, 0.25) is 5.95 Å². The molecule has 4 rings (SSSR count). The fourth-order valence-corrected chi connectivity index (χ4v) is 3.98. The average molecular weight is 281 g/mol. The number of imidazole rings is 1. The van der Waals surface area contributed by atoms with E-state index in [0.29, 0.717) is 6.04 Å². The highest BCUT2D eigenvalue weighted by Crippen LogP contribution is 2.39. The van der Waals surface area contributed by atoms with Crippen LogP contribution in [0.1, 0.15) is 44.6 Å². The van der Waals surface area contributed by atoms with Crippen molar-refractivity contribution in [2.75, 3.05) is 11.9 Å². The van der Waals surface area contributed by atoms with E-state index in [-0.39, 0.29) is 0 Å². The van der Waals surface area contributed by atoms with E-state index in [1.165, 1.54) is 44.1 Å². The van der Waals surface area contributed by atoms with Crippen LogP contribution in [0.4, 0.5) is 5.95 Å². The molecule has 1 aromatic heterocycles. The van der Waals surface area contributed by atoms with Gasteiger partial charge in [-0.05, 0) is 25.2 Å². The second-order valence-corrected chi connectivity index (χ2v) is 6.40. The van der Waals surface area contributed by atoms with Crippen molar-refractivity contribution in [1.29, 1.82) is 0 Å². The van der Waals surface area contributed by atoms with Crippen molar-refractivity contribution in [2.24, 2.45) is 5.92 Å². The third kappa shape index (κ3) is 2.45. The molecule has 2 aliphatic rings. The predicted octanol–water partition coefficient (Wildman–Crippen LogP) is 4.49. The van der Waals surface area contributed by atoms with Crippen LogP contribution < -0.4 is 5.32 Å². The average Bonchev–Trinajstić information content (AvgIpc) is 3.00. The molecule has 1 aliphatic heterocycles. The standard InChI is InChI=1S/C18H23N3/c1-3-7-14(8-4-1)16-13-21-17(11-12-19-18(21)20-16)15-9-5-2-6-10-15/h1,3-4,7-8,13,15,17H,2,5-6,9-12H2,(H,19,20). The Morgan fingerprint density at radius 1 is 1.00 bits per heavy atom. The number of aromatic nitrogens is 2. The van der Waals surface area contributed by atoms with E-state index in [4.69, 9.17) is 4.98 Å². The summed E-state index contributed by atoms with van der Waals surface area (Å²) in [5.41, 5.74) is 2.31. The highest BCUT2D eigenvalue weighted by Gasteiger charge is 2.29. The smallest absolute Gasteiger partial charge is 0.203 e. The van der Waals surface area contributed by atoms with Gasteiger partial charge in [0.05, 0.1) is 5.69 Å². The summed E-state index contributed by atoms with van der Waals surface area (Å²) in [4.78, 5) is 4.82. The molecule has 3 nitrogen and oxygen atoms in total. The maximum Gasteiger partial charge on any atom is 0.203 e. The van der Waals surface area contributed by atoms with Crippen molar-refractivity contribution in [2.45, 2.75) is 44.6 Å². The molecule has 21 heavy (non-hydrogen) atoms. The fraction of sp³-hybridized carbons (Fsp3) is 0.500. The first kappa shape index (κ1) is 12.9. The van der Waals surface area contributed by atoms with Gasteiger partial charge >= 0.3 is 0 Å². The third-order valence-electron chi connectivity index (χ3n) is 5.08. The Hall–Kier alpha value is -1.77. The molecule has 1 saturated carbocycles. The van der Waals surface area contributed by atoms with E-state index in [0.717, 1.165) is 24.1 Å². The van der Waals surface area contributed by atoms with E-state index in [9.17, 15) is 0 Å². The molecule has 0 amide bonds. The largest absolute Gasteiger partial charge is 0.356 e. The molecule has 1 unspecified atom stereocenters. The molecule has 1 fully saturated rings. The maximum atomic E-state index is 4.82. The number of nitrogens with one attached hydrogen (secondary N) is 1. The predicted molar refractivity (Wildman–Crippen MR) is 86.4 cm³/mol. The minimum atomic E-state index is 0.645. The Kier molecular flexibility index (Phi) is 3.42. The Labute approximate surface area is 126 Å². The van der Waals surface area contributed by atoms with Gasteiger partial charge in [0, 0.05) is 24.3 Å². The first-order chi connectivity index (χ1) is 10.4. The molecular formula is C18H23N3. The van der Waals surface area contributed by atoms with E-state index in [2.05, 4.69) is 46.4 Å². The highest BCUT2D eigenvalue weighted by molar-refractivity contribution is 5.60. The topological polar surface area (TPSA) is 29.9 Å². The van der Waals surface area contributed by atoms with Gasteiger partial charge in [0.15, 0.2) is 0 Å². The summed E-state index contributed by atoms with van der Waals surface area (Å²) < 4.78 is 2.42. The van der Waals surface area contributed by atoms with Crippen molar-refractivity contribution in [3.05, 3.63) is 36.5 Å². The van der Waals surface area contributed by atoms with E-state index in [1.807, 2.05) is 0 Å². The third-order valence-corrected chi connectivity index (χ3v) is 5.08. The van der Waals surface area contributed by atoms with Crippen LogP contribution in [-0.4, -0.2) is 16.1 Å². The molecule has 0 saturated heterocycles. The van der Waals surface area contributed by atoms with Crippen molar-refractivity contribution < 1.29 is 0 Å². The normalized spacial score (nSPS) is 22.6. The number of rotatable bonds is 2. The van der Waals surface area contributed by atoms with Gasteiger partial charge in [-0.2, -0.15) is 0 Å². The monoisotopic (exact) mass is 281 g/mol. The van der Waals surface area contributed by atoms with E-state index >= 15 is 0 Å². The zero-order valence-electron chi connectivity index (χ0n) is 12.5. The molecule has 1 aromatic carbocycles. The summed E-state index contributed by atoms with van der Waals surface area (Å²) >= 11 is 0. The molecule has 3 heteroatoms. The van der Waals surface area contributed by atoms with Crippen molar-refractivity contribution >= 4 is 5.95 Å². The summed E-state index contributed by atoms with van der Waals surface area (Å²) in [6.07, 6.45) is 10.5. The zero-order valence-corrected chi connectivity index (χ0v) is 12.5. The molecular weight excluding hydrogens is 258 g/mol. The molecule has 1 N–H and O–H groups in total. The van der Waals surface area contributed by atoms with Crippen molar-refractivity contribution in [3.63, 3.8) is 0 Å². The molecule has 1 atom stereocenters. The molecule has 0 bridgehead atoms. The summed E-state index contributed by atoms with van der Waals surface area (Å²) in [6, 6.07) is 11.2. The second-order valence-electron chi connectivity index (χ2n) is 6.40. The zero-order chi connectivity index (χ0) is 14.1. The van der Waals surface area contributed by atoms with Crippen molar-refractivity contribution in [3.8, 4) is 11.3 Å². The van der Waals surface area contributed by atoms with Crippen LogP contribution in [-0.2, 0) is 0 Å². The van der Waals surface area contributed by atoms with Crippen LogP contribution in [0.15, 0.2) is 36.5 Å². The van der Waals surface area contributed by atoms with Gasteiger partial charge in [-0.1, -0.05) is 49.6 Å². The molecule has 1 aliphatic carbocycles. The van der Waals surface area contributed by atoms with E-state index in [1.54, 1.807) is 0 Å². The van der Waals surface area contributed by atoms with Crippen LogP contribution in [0.2, 0.25) is 0 Å². The van der Waals surface area contributed by atoms with Crippen LogP contribution in [0, 0.1) is 5.92 Å².